The summed E-state index contributed by atoms with van der Waals surface area (Å²) in [5, 5.41) is 21.6. The van der Waals surface area contributed by atoms with Gasteiger partial charge in [-0.3, -0.25) is 19.4 Å². The number of carbonyl (C=O) groups excluding carboxylic acids is 1. The van der Waals surface area contributed by atoms with Gasteiger partial charge in [-0.1, -0.05) is 6.07 Å². The molecule has 39 heavy (non-hydrogen) atoms. The van der Waals surface area contributed by atoms with Crippen molar-refractivity contribution in [3.8, 4) is 0 Å². The maximum absolute atomic E-state index is 12.6. The average Bonchev–Trinajstić information content (AvgIpc) is 3.17. The third-order valence-corrected chi connectivity index (χ3v) is 4.85. The molecular formula is C22H27F6N5O6. The van der Waals surface area contributed by atoms with E-state index in [2.05, 4.69) is 20.3 Å². The number of pyridine rings is 1. The van der Waals surface area contributed by atoms with Gasteiger partial charge in [-0.05, 0) is 25.1 Å². The lowest BCUT2D eigenvalue weighted by Crippen LogP contribution is -2.40. The number of nitrogens with zero attached hydrogens (tertiary/aromatic N) is 4. The van der Waals surface area contributed by atoms with Gasteiger partial charge in [0.1, 0.15) is 0 Å². The van der Waals surface area contributed by atoms with Crippen molar-refractivity contribution in [1.82, 2.24) is 25.0 Å². The molecule has 0 saturated carbocycles. The van der Waals surface area contributed by atoms with Crippen LogP contribution in [-0.2, 0) is 38.8 Å². The second-order valence-electron chi connectivity index (χ2n) is 8.03. The second kappa shape index (κ2) is 15.0. The fraction of sp³-hybridized carbons (Fsp3) is 0.500. The molecule has 0 bridgehead atoms. The third-order valence-electron chi connectivity index (χ3n) is 4.85. The Morgan fingerprint density at radius 1 is 1.05 bits per heavy atom. The van der Waals surface area contributed by atoms with Crippen molar-refractivity contribution in [3.63, 3.8) is 0 Å². The molecule has 3 heterocycles. The van der Waals surface area contributed by atoms with Crippen molar-refractivity contribution in [3.05, 3.63) is 47.5 Å². The molecule has 0 fully saturated rings. The Labute approximate surface area is 218 Å². The summed E-state index contributed by atoms with van der Waals surface area (Å²) in [7, 11) is 1.63. The van der Waals surface area contributed by atoms with E-state index >= 15 is 0 Å². The summed E-state index contributed by atoms with van der Waals surface area (Å²) in [5.74, 6) is -5.62. The summed E-state index contributed by atoms with van der Waals surface area (Å²) in [6, 6.07) is 8.06. The number of rotatable bonds is 6. The highest BCUT2D eigenvalue weighted by atomic mass is 19.4. The zero-order chi connectivity index (χ0) is 29.8. The SMILES string of the molecule is COCCNC(=O)C1CN(Cc2cccc(C)n2)Cc2ccnn2C1.O=C(O)C(F)(F)F.O=C(O)C(F)(F)F. The third kappa shape index (κ3) is 12.6. The van der Waals surface area contributed by atoms with Crippen LogP contribution in [0, 0.1) is 12.8 Å². The number of halogens is 6. The summed E-state index contributed by atoms with van der Waals surface area (Å²) in [6.07, 6.45) is -8.37. The van der Waals surface area contributed by atoms with Crippen molar-refractivity contribution < 1.29 is 55.7 Å². The Balaban J connectivity index is 0.000000449. The van der Waals surface area contributed by atoms with Gasteiger partial charge in [-0.25, -0.2) is 9.59 Å². The number of carboxylic acid groups (broad SMARTS) is 2. The zero-order valence-electron chi connectivity index (χ0n) is 20.8. The highest BCUT2D eigenvalue weighted by Crippen LogP contribution is 2.18. The molecule has 2 aromatic heterocycles. The van der Waals surface area contributed by atoms with Crippen LogP contribution in [0.3, 0.4) is 0 Å². The lowest BCUT2D eigenvalue weighted by molar-refractivity contribution is -0.193. The lowest BCUT2D eigenvalue weighted by Gasteiger charge is -2.23. The fourth-order valence-electron chi connectivity index (χ4n) is 3.15. The minimum absolute atomic E-state index is 0.0441. The van der Waals surface area contributed by atoms with Crippen molar-refractivity contribution in [2.24, 2.45) is 5.92 Å². The fourth-order valence-corrected chi connectivity index (χ4v) is 3.15. The molecule has 11 nitrogen and oxygen atoms in total. The van der Waals surface area contributed by atoms with E-state index in [0.29, 0.717) is 32.8 Å². The number of carboxylic acids is 2. The maximum atomic E-state index is 12.6. The standard InChI is InChI=1S/C18H25N5O2.2C2HF3O2/c1-14-4-3-5-16(21-14)12-22-10-15(18(24)19-8-9-25-2)11-23-17(13-22)6-7-20-23;2*3-2(4,5)1(6)7/h3-7,15H,8-13H2,1-2H3,(H,19,24);2*(H,6,7). The normalized spacial score (nSPS) is 15.4. The largest absolute Gasteiger partial charge is 0.490 e. The predicted octanol–water partition coefficient (Wildman–Crippen LogP) is 2.25. The number of ether oxygens (including phenoxy) is 1. The topological polar surface area (TPSA) is 147 Å². The van der Waals surface area contributed by atoms with Crippen molar-refractivity contribution in [2.75, 3.05) is 26.8 Å². The quantitative estimate of drug-likeness (QED) is 0.351. The Bertz CT molecular complexity index is 1070. The van der Waals surface area contributed by atoms with E-state index in [0.717, 1.165) is 23.6 Å². The number of aryl methyl sites for hydroxylation is 1. The number of hydrogen-bond acceptors (Lipinski definition) is 7. The first-order chi connectivity index (χ1) is 18.0. The van der Waals surface area contributed by atoms with E-state index in [4.69, 9.17) is 24.5 Å². The van der Waals surface area contributed by atoms with Crippen LogP contribution in [0.1, 0.15) is 17.1 Å². The monoisotopic (exact) mass is 571 g/mol. The van der Waals surface area contributed by atoms with Crippen LogP contribution in [0.2, 0.25) is 0 Å². The van der Waals surface area contributed by atoms with Gasteiger partial charge in [0.2, 0.25) is 5.91 Å². The molecule has 0 aliphatic carbocycles. The molecule has 0 aromatic carbocycles. The van der Waals surface area contributed by atoms with Crippen molar-refractivity contribution in [1.29, 1.82) is 0 Å². The van der Waals surface area contributed by atoms with Gasteiger partial charge < -0.3 is 20.3 Å². The molecule has 0 radical (unpaired) electrons. The van der Waals surface area contributed by atoms with Crippen LogP contribution < -0.4 is 5.32 Å². The molecular weight excluding hydrogens is 544 g/mol. The summed E-state index contributed by atoms with van der Waals surface area (Å²) < 4.78 is 70.4. The van der Waals surface area contributed by atoms with E-state index in [1.165, 1.54) is 0 Å². The minimum atomic E-state index is -5.08. The molecule has 1 unspecified atom stereocenters. The van der Waals surface area contributed by atoms with Crippen molar-refractivity contribution in [2.45, 2.75) is 38.9 Å². The van der Waals surface area contributed by atoms with Crippen LogP contribution in [0.5, 0.6) is 0 Å². The van der Waals surface area contributed by atoms with Crippen LogP contribution in [0.4, 0.5) is 26.3 Å². The molecule has 17 heteroatoms. The Hall–Kier alpha value is -3.73. The highest BCUT2D eigenvalue weighted by molar-refractivity contribution is 5.78. The molecule has 0 spiro atoms. The second-order valence-corrected chi connectivity index (χ2v) is 8.03. The number of aromatic nitrogens is 3. The minimum Gasteiger partial charge on any atom is -0.475 e. The van der Waals surface area contributed by atoms with Gasteiger partial charge in [0.15, 0.2) is 0 Å². The number of alkyl halides is 6. The van der Waals surface area contributed by atoms with Gasteiger partial charge in [0.25, 0.3) is 0 Å². The first-order valence-corrected chi connectivity index (χ1v) is 11.1. The summed E-state index contributed by atoms with van der Waals surface area (Å²) in [5.41, 5.74) is 3.15. The maximum Gasteiger partial charge on any atom is 0.490 e. The van der Waals surface area contributed by atoms with Crippen LogP contribution in [-0.4, -0.2) is 86.9 Å². The van der Waals surface area contributed by atoms with Crippen LogP contribution >= 0.6 is 0 Å². The molecule has 3 rings (SSSR count). The number of carbonyl (C=O) groups is 3. The number of nitrogens with one attached hydrogen (secondary N) is 1. The molecule has 0 saturated heterocycles. The average molecular weight is 571 g/mol. The Morgan fingerprint density at radius 2 is 1.64 bits per heavy atom. The molecule has 218 valence electrons. The zero-order valence-corrected chi connectivity index (χ0v) is 20.8. The van der Waals surface area contributed by atoms with Crippen LogP contribution in [0.15, 0.2) is 30.5 Å². The van der Waals surface area contributed by atoms with Gasteiger partial charge in [0, 0.05) is 45.2 Å². The van der Waals surface area contributed by atoms with Crippen molar-refractivity contribution >= 4 is 17.8 Å². The molecule has 1 atom stereocenters. The van der Waals surface area contributed by atoms with E-state index in [-0.39, 0.29) is 11.8 Å². The molecule has 1 aliphatic rings. The number of fused-ring (bicyclic) bond motifs is 1. The number of hydrogen-bond donors (Lipinski definition) is 3. The molecule has 2 aromatic rings. The molecule has 1 aliphatic heterocycles. The number of amides is 1. The highest BCUT2D eigenvalue weighted by Gasteiger charge is 2.38. The first-order valence-electron chi connectivity index (χ1n) is 11.1. The van der Waals surface area contributed by atoms with Gasteiger partial charge >= 0.3 is 24.3 Å². The Morgan fingerprint density at radius 3 is 2.15 bits per heavy atom. The first kappa shape index (κ1) is 33.3. The van der Waals surface area contributed by atoms with Crippen LogP contribution in [0.25, 0.3) is 0 Å². The van der Waals surface area contributed by atoms with E-state index in [9.17, 15) is 31.1 Å². The number of aliphatic carboxylic acids is 2. The molecule has 1 amide bonds. The van der Waals surface area contributed by atoms with E-state index in [1.54, 1.807) is 13.3 Å². The summed E-state index contributed by atoms with van der Waals surface area (Å²) in [6.45, 7) is 5.79. The van der Waals surface area contributed by atoms with Gasteiger partial charge in [-0.2, -0.15) is 31.4 Å². The smallest absolute Gasteiger partial charge is 0.475 e. The van der Waals surface area contributed by atoms with E-state index < -0.39 is 24.3 Å². The van der Waals surface area contributed by atoms with E-state index in [1.807, 2.05) is 35.9 Å². The predicted molar refractivity (Wildman–Crippen MR) is 121 cm³/mol. The summed E-state index contributed by atoms with van der Waals surface area (Å²) >= 11 is 0. The summed E-state index contributed by atoms with van der Waals surface area (Å²) in [4.78, 5) is 37.2. The lowest BCUT2D eigenvalue weighted by atomic mass is 10.1. The van der Waals surface area contributed by atoms with Gasteiger partial charge in [-0.15, -0.1) is 0 Å². The Kier molecular flexibility index (Phi) is 12.8. The number of methoxy groups -OCH3 is 1. The van der Waals surface area contributed by atoms with Gasteiger partial charge in [0.05, 0.1) is 30.5 Å². The molecule has 3 N–H and O–H groups in total.